The zero-order valence-electron chi connectivity index (χ0n) is 34.3. The monoisotopic (exact) mass is 811 g/mol. The van der Waals surface area contributed by atoms with E-state index in [1.54, 1.807) is 66.6 Å². The molecule has 310 valence electrons. The first-order valence-corrected chi connectivity index (χ1v) is 19.9. The van der Waals surface area contributed by atoms with E-state index in [9.17, 15) is 14.4 Å². The number of rotatable bonds is 16. The number of methoxy groups -OCH3 is 3. The van der Waals surface area contributed by atoms with E-state index in [1.165, 1.54) is 7.11 Å². The van der Waals surface area contributed by atoms with Gasteiger partial charge < -0.3 is 39.2 Å². The molecule has 2 atom stereocenters. The number of nitrogens with zero attached hydrogens (tertiary/aromatic N) is 4. The van der Waals surface area contributed by atoms with Gasteiger partial charge >= 0.3 is 5.97 Å². The summed E-state index contributed by atoms with van der Waals surface area (Å²) in [6.45, 7) is 7.04. The smallest absolute Gasteiger partial charge is 0.337 e. The predicted molar refractivity (Wildman–Crippen MR) is 231 cm³/mol. The Kier molecular flexibility index (Phi) is 12.7. The molecule has 0 saturated carbocycles. The lowest BCUT2D eigenvalue weighted by molar-refractivity contribution is 0.0600. The van der Waals surface area contributed by atoms with Crippen LogP contribution in [0, 0.1) is 0 Å². The van der Waals surface area contributed by atoms with E-state index in [2.05, 4.69) is 11.7 Å². The van der Waals surface area contributed by atoms with Crippen molar-refractivity contribution in [2.75, 3.05) is 34.5 Å². The molecule has 13 nitrogen and oxygen atoms in total. The van der Waals surface area contributed by atoms with Crippen LogP contribution < -0.4 is 24.7 Å². The molecule has 0 saturated heterocycles. The molecule has 4 aromatic rings. The number of hydrogen-bond donors (Lipinski definition) is 1. The molecule has 0 aromatic heterocycles. The number of unbranched alkanes of at least 4 members (excludes halogenated alkanes) is 2. The number of benzene rings is 4. The molecule has 0 bridgehead atoms. The zero-order valence-corrected chi connectivity index (χ0v) is 34.3. The Morgan fingerprint density at radius 2 is 1.45 bits per heavy atom. The van der Waals surface area contributed by atoms with Gasteiger partial charge in [0.1, 0.15) is 0 Å². The highest BCUT2D eigenvalue weighted by molar-refractivity contribution is 6.05. The van der Waals surface area contributed by atoms with Crippen molar-refractivity contribution in [1.82, 2.24) is 9.80 Å². The first kappa shape index (κ1) is 41.4. The average molecular weight is 812 g/mol. The van der Waals surface area contributed by atoms with E-state index in [-0.39, 0.29) is 23.9 Å². The van der Waals surface area contributed by atoms with Crippen LogP contribution in [0.3, 0.4) is 0 Å². The first-order chi connectivity index (χ1) is 29.2. The Balaban J connectivity index is 0.923. The number of carbonyl (C=O) groups is 3. The van der Waals surface area contributed by atoms with E-state index in [4.69, 9.17) is 34.4 Å². The minimum atomic E-state index is -0.402. The first-order valence-electron chi connectivity index (χ1n) is 19.9. The fourth-order valence-corrected chi connectivity index (χ4v) is 7.59. The zero-order chi connectivity index (χ0) is 42.3. The summed E-state index contributed by atoms with van der Waals surface area (Å²) in [4.78, 5) is 51.8. The number of ether oxygens (including phenoxy) is 5. The van der Waals surface area contributed by atoms with Crippen LogP contribution in [0.1, 0.15) is 86.8 Å². The second-order valence-corrected chi connectivity index (χ2v) is 14.8. The van der Waals surface area contributed by atoms with E-state index in [0.29, 0.717) is 77.2 Å². The van der Waals surface area contributed by atoms with Gasteiger partial charge in [0.15, 0.2) is 23.0 Å². The van der Waals surface area contributed by atoms with Crippen molar-refractivity contribution < 1.29 is 38.1 Å². The van der Waals surface area contributed by atoms with Gasteiger partial charge in [0.05, 0.1) is 68.7 Å². The molecule has 2 N–H and O–H groups in total. The number of nitrogens with two attached hydrogens (primary N) is 1. The highest BCUT2D eigenvalue weighted by atomic mass is 16.5. The predicted octanol–water partition coefficient (Wildman–Crippen LogP) is 8.16. The van der Waals surface area contributed by atoms with Gasteiger partial charge in [0, 0.05) is 49.8 Å². The number of aliphatic imine (C=N–C) groups is 2. The van der Waals surface area contributed by atoms with E-state index < -0.39 is 5.97 Å². The van der Waals surface area contributed by atoms with E-state index in [1.807, 2.05) is 55.7 Å². The van der Waals surface area contributed by atoms with Gasteiger partial charge in [-0.3, -0.25) is 19.6 Å². The van der Waals surface area contributed by atoms with Gasteiger partial charge in [-0.15, -0.1) is 0 Å². The normalized spacial score (nSPS) is 16.6. The molecular weight excluding hydrogens is 763 g/mol. The quantitative estimate of drug-likeness (QED) is 0.0671. The van der Waals surface area contributed by atoms with E-state index in [0.717, 1.165) is 53.5 Å². The van der Waals surface area contributed by atoms with Crippen molar-refractivity contribution in [2.45, 2.75) is 57.7 Å². The largest absolute Gasteiger partial charge is 0.493 e. The lowest BCUT2D eigenvalue weighted by Gasteiger charge is -2.22. The molecule has 7 rings (SSSR count). The van der Waals surface area contributed by atoms with Crippen molar-refractivity contribution in [3.05, 3.63) is 119 Å². The third-order valence-electron chi connectivity index (χ3n) is 11.0. The summed E-state index contributed by atoms with van der Waals surface area (Å²) in [5.74, 6) is 1.07. The van der Waals surface area contributed by atoms with Crippen LogP contribution in [0.25, 0.3) is 11.1 Å². The van der Waals surface area contributed by atoms with Gasteiger partial charge in [-0.25, -0.2) is 4.79 Å². The molecule has 2 amide bonds. The maximum atomic E-state index is 13.8. The standard InChI is InChI=1S/C47H49N5O8/c1-29-19-34(31-11-9-30(25-48)10-12-31)27-51(29)45(53)37-21-41(56-3)43(23-39(37)49-2)59-17-7-6-8-18-60-44-24-40-38(22-42(44)57-4)46(54)52-28-35(20-36(52)26-50-40)32-13-15-33(16-14-32)47(55)58-5/h9-16,21-24,26-29,36H,2,6-8,17-20,25,48H2,1,3-5H3/t29-,36+/m1/s1. The molecule has 4 aromatic carbocycles. The molecule has 0 unspecified atom stereocenters. The third-order valence-corrected chi connectivity index (χ3v) is 11.0. The van der Waals surface area contributed by atoms with Gasteiger partial charge in [-0.1, -0.05) is 36.4 Å². The van der Waals surface area contributed by atoms with Gasteiger partial charge in [-0.05, 0) is 91.4 Å². The molecule has 0 fully saturated rings. The van der Waals surface area contributed by atoms with Crippen LogP contribution in [0.15, 0.2) is 95.2 Å². The second kappa shape index (κ2) is 18.5. The van der Waals surface area contributed by atoms with E-state index >= 15 is 0 Å². The Bertz CT molecular complexity index is 2370. The van der Waals surface area contributed by atoms with Crippen molar-refractivity contribution in [1.29, 1.82) is 0 Å². The number of hydrogen-bond acceptors (Lipinski definition) is 11. The van der Waals surface area contributed by atoms with Gasteiger partial charge in [-0.2, -0.15) is 0 Å². The molecule has 0 radical (unpaired) electrons. The fraction of sp³-hybridized carbons (Fsp3) is 0.298. The summed E-state index contributed by atoms with van der Waals surface area (Å²) in [6.07, 6.45) is 9.12. The maximum absolute atomic E-state index is 13.8. The minimum Gasteiger partial charge on any atom is -0.493 e. The summed E-state index contributed by atoms with van der Waals surface area (Å²) >= 11 is 0. The third kappa shape index (κ3) is 8.67. The number of amides is 2. The molecule has 3 heterocycles. The highest BCUT2D eigenvalue weighted by Crippen LogP contribution is 2.41. The Morgan fingerprint density at radius 3 is 2.08 bits per heavy atom. The molecular formula is C47H49N5O8. The summed E-state index contributed by atoms with van der Waals surface area (Å²) in [7, 11) is 4.43. The number of fused-ring (bicyclic) bond motifs is 2. The molecule has 0 aliphatic carbocycles. The molecule has 3 aliphatic heterocycles. The lowest BCUT2D eigenvalue weighted by Crippen LogP contribution is -2.32. The maximum Gasteiger partial charge on any atom is 0.337 e. The summed E-state index contributed by atoms with van der Waals surface area (Å²) in [5.41, 5.74) is 13.0. The summed E-state index contributed by atoms with van der Waals surface area (Å²) in [6, 6.07) is 21.7. The molecule has 0 spiro atoms. The molecule has 13 heteroatoms. The molecule has 60 heavy (non-hydrogen) atoms. The summed E-state index contributed by atoms with van der Waals surface area (Å²) < 4.78 is 28.4. The fourth-order valence-electron chi connectivity index (χ4n) is 7.59. The van der Waals surface area contributed by atoms with Gasteiger partial charge in [0.25, 0.3) is 11.8 Å². The SMILES string of the molecule is C=Nc1cc(OCCCCCOc2cc3c(cc2OC)C(=O)N2C=C(c4ccc(C(=O)OC)cc4)C[C@H]2C=N3)c(OC)cc1C(=O)N1C=C(c2ccc(CN)cc2)C[C@H]1C. The van der Waals surface area contributed by atoms with Crippen molar-refractivity contribution in [3.8, 4) is 23.0 Å². The minimum absolute atomic E-state index is 0.0426. The van der Waals surface area contributed by atoms with Crippen LogP contribution in [0.5, 0.6) is 23.0 Å². The lowest BCUT2D eigenvalue weighted by atomic mass is 10.0. The highest BCUT2D eigenvalue weighted by Gasteiger charge is 2.34. The average Bonchev–Trinajstić information content (AvgIpc) is 3.87. The van der Waals surface area contributed by atoms with Crippen LogP contribution in [-0.4, -0.2) is 87.1 Å². The Labute approximate surface area is 349 Å². The Hall–Kier alpha value is -6.73. The molecule has 3 aliphatic rings. The van der Waals surface area contributed by atoms with Crippen LogP contribution >= 0.6 is 0 Å². The number of carbonyl (C=O) groups excluding carboxylic acids is 3. The topological polar surface area (TPSA) is 155 Å². The van der Waals surface area contributed by atoms with Crippen molar-refractivity contribution in [3.63, 3.8) is 0 Å². The van der Waals surface area contributed by atoms with Crippen LogP contribution in [0.2, 0.25) is 0 Å². The second-order valence-electron chi connectivity index (χ2n) is 14.8. The van der Waals surface area contributed by atoms with Crippen molar-refractivity contribution in [2.24, 2.45) is 15.7 Å². The van der Waals surface area contributed by atoms with Crippen LogP contribution in [-0.2, 0) is 11.3 Å². The van der Waals surface area contributed by atoms with Crippen molar-refractivity contribution >= 4 is 53.2 Å². The number of esters is 1. The van der Waals surface area contributed by atoms with Gasteiger partial charge in [0.2, 0.25) is 0 Å². The Morgan fingerprint density at radius 1 is 0.817 bits per heavy atom. The van der Waals surface area contributed by atoms with Crippen LogP contribution in [0.4, 0.5) is 11.4 Å². The summed E-state index contributed by atoms with van der Waals surface area (Å²) in [5, 5.41) is 0.